The van der Waals surface area contributed by atoms with Crippen molar-refractivity contribution in [1.29, 1.82) is 0 Å². The number of rotatable bonds is 5. The molecule has 0 amide bonds. The number of hydrogen-bond donors (Lipinski definition) is 2. The van der Waals surface area contributed by atoms with Gasteiger partial charge in [-0.15, -0.1) is 0 Å². The number of anilines is 1. The van der Waals surface area contributed by atoms with Gasteiger partial charge >= 0.3 is 5.97 Å². The van der Waals surface area contributed by atoms with Crippen LogP contribution in [0.4, 0.5) is 10.2 Å². The van der Waals surface area contributed by atoms with Crippen molar-refractivity contribution in [2.75, 3.05) is 32.2 Å². The van der Waals surface area contributed by atoms with E-state index < -0.39 is 23.0 Å². The topological polar surface area (TPSA) is 80.7 Å². The number of ether oxygens (including phenoxy) is 2. The number of nitrogens with zero attached hydrogens (tertiary/aromatic N) is 1. The molecule has 1 unspecified atom stereocenters. The average molecular weight is 270 g/mol. The second kappa shape index (κ2) is 5.50. The molecule has 0 radical (unpaired) electrons. The molecule has 0 aromatic carbocycles. The van der Waals surface area contributed by atoms with Crippen LogP contribution >= 0.6 is 0 Å². The minimum atomic E-state index is -1.33. The highest BCUT2D eigenvalue weighted by Gasteiger charge is 2.35. The Morgan fingerprint density at radius 1 is 1.74 bits per heavy atom. The summed E-state index contributed by atoms with van der Waals surface area (Å²) in [6.07, 6.45) is 1.94. The fourth-order valence-corrected chi connectivity index (χ4v) is 1.94. The van der Waals surface area contributed by atoms with Crippen molar-refractivity contribution < 1.29 is 23.8 Å². The molecule has 7 heteroatoms. The van der Waals surface area contributed by atoms with Crippen LogP contribution in [0, 0.1) is 5.82 Å². The molecule has 1 saturated heterocycles. The van der Waals surface area contributed by atoms with Gasteiger partial charge in [0.15, 0.2) is 11.6 Å². The lowest BCUT2D eigenvalue weighted by atomic mass is 10.0. The van der Waals surface area contributed by atoms with Crippen molar-refractivity contribution >= 4 is 11.8 Å². The molecule has 1 fully saturated rings. The first-order chi connectivity index (χ1) is 9.08. The molecule has 2 heterocycles. The lowest BCUT2D eigenvalue weighted by Gasteiger charge is -2.26. The lowest BCUT2D eigenvalue weighted by Crippen LogP contribution is -2.40. The number of halogens is 1. The van der Waals surface area contributed by atoms with E-state index in [-0.39, 0.29) is 5.82 Å². The zero-order valence-electron chi connectivity index (χ0n) is 10.5. The molecule has 0 saturated carbocycles. The zero-order chi connectivity index (χ0) is 13.9. The van der Waals surface area contributed by atoms with E-state index in [1.54, 1.807) is 7.11 Å². The minimum absolute atomic E-state index is 0.0942. The predicted octanol–water partition coefficient (Wildman–Crippen LogP) is 1.14. The summed E-state index contributed by atoms with van der Waals surface area (Å²) in [6.45, 7) is 1.30. The van der Waals surface area contributed by atoms with Gasteiger partial charge in [0, 0.05) is 32.9 Å². The zero-order valence-corrected chi connectivity index (χ0v) is 10.5. The van der Waals surface area contributed by atoms with Gasteiger partial charge in [-0.3, -0.25) is 0 Å². The van der Waals surface area contributed by atoms with Crippen LogP contribution in [0.3, 0.4) is 0 Å². The molecule has 1 aromatic rings. The number of carboxylic acids is 1. The molecule has 1 aliphatic heterocycles. The summed E-state index contributed by atoms with van der Waals surface area (Å²) >= 11 is 0. The maximum Gasteiger partial charge on any atom is 0.338 e. The third kappa shape index (κ3) is 2.82. The van der Waals surface area contributed by atoms with Gasteiger partial charge in [-0.1, -0.05) is 0 Å². The first kappa shape index (κ1) is 13.7. The Morgan fingerprint density at radius 2 is 2.53 bits per heavy atom. The number of pyridine rings is 1. The first-order valence-electron chi connectivity index (χ1n) is 5.82. The number of carboxylic acid groups (broad SMARTS) is 1. The Balaban J connectivity index is 2.11. The fourth-order valence-electron chi connectivity index (χ4n) is 1.94. The summed E-state index contributed by atoms with van der Waals surface area (Å²) < 4.78 is 24.5. The lowest BCUT2D eigenvalue weighted by molar-refractivity contribution is -0.00629. The number of methoxy groups -OCH3 is 1. The van der Waals surface area contributed by atoms with Crippen molar-refractivity contribution in [2.45, 2.75) is 12.0 Å². The number of aromatic nitrogens is 1. The van der Waals surface area contributed by atoms with Crippen molar-refractivity contribution in [3.8, 4) is 0 Å². The summed E-state index contributed by atoms with van der Waals surface area (Å²) in [5.41, 5.74) is -0.931. The molecule has 1 aliphatic rings. The van der Waals surface area contributed by atoms with Gasteiger partial charge in [-0.05, 0) is 6.07 Å². The second-order valence-corrected chi connectivity index (χ2v) is 4.37. The van der Waals surface area contributed by atoms with Gasteiger partial charge < -0.3 is 19.9 Å². The highest BCUT2D eigenvalue weighted by molar-refractivity contribution is 5.88. The molecule has 0 aliphatic carbocycles. The maximum atomic E-state index is 13.8. The quantitative estimate of drug-likeness (QED) is 0.835. The maximum absolute atomic E-state index is 13.8. The molecule has 1 atom stereocenters. The monoisotopic (exact) mass is 270 g/mol. The summed E-state index contributed by atoms with van der Waals surface area (Å²) in [5, 5.41) is 11.6. The van der Waals surface area contributed by atoms with E-state index in [0.29, 0.717) is 26.2 Å². The molecule has 0 bridgehead atoms. The fraction of sp³-hybridized carbons (Fsp3) is 0.500. The predicted molar refractivity (Wildman–Crippen MR) is 64.8 cm³/mol. The molecule has 1 aromatic heterocycles. The number of aromatic carboxylic acids is 1. The van der Waals surface area contributed by atoms with Gasteiger partial charge in [0.05, 0.1) is 6.61 Å². The van der Waals surface area contributed by atoms with E-state index in [0.717, 1.165) is 6.07 Å². The number of nitrogens with one attached hydrogen (secondary N) is 1. The van der Waals surface area contributed by atoms with Crippen LogP contribution in [0.5, 0.6) is 0 Å². The molecule has 2 rings (SSSR count). The Bertz CT molecular complexity index is 475. The highest BCUT2D eigenvalue weighted by atomic mass is 19.1. The van der Waals surface area contributed by atoms with Crippen LogP contribution in [0.1, 0.15) is 16.8 Å². The van der Waals surface area contributed by atoms with Gasteiger partial charge in [0.25, 0.3) is 0 Å². The van der Waals surface area contributed by atoms with Gasteiger partial charge in [-0.2, -0.15) is 0 Å². The molecule has 6 nitrogen and oxygen atoms in total. The van der Waals surface area contributed by atoms with E-state index in [1.165, 1.54) is 6.20 Å². The van der Waals surface area contributed by atoms with E-state index in [9.17, 15) is 9.18 Å². The molecule has 19 heavy (non-hydrogen) atoms. The summed E-state index contributed by atoms with van der Waals surface area (Å²) in [6, 6.07) is 1.12. The van der Waals surface area contributed by atoms with E-state index in [4.69, 9.17) is 14.6 Å². The van der Waals surface area contributed by atoms with E-state index in [1.807, 2.05) is 0 Å². The van der Waals surface area contributed by atoms with Crippen LogP contribution in [0.2, 0.25) is 0 Å². The molecule has 2 N–H and O–H groups in total. The highest BCUT2D eigenvalue weighted by Crippen LogP contribution is 2.24. The van der Waals surface area contributed by atoms with Gasteiger partial charge in [0.1, 0.15) is 11.2 Å². The van der Waals surface area contributed by atoms with E-state index in [2.05, 4.69) is 10.3 Å². The van der Waals surface area contributed by atoms with Crippen LogP contribution in [0.25, 0.3) is 0 Å². The van der Waals surface area contributed by atoms with Crippen LogP contribution in [0.15, 0.2) is 12.3 Å². The first-order valence-corrected chi connectivity index (χ1v) is 5.82. The van der Waals surface area contributed by atoms with Crippen LogP contribution in [-0.4, -0.2) is 48.5 Å². The summed E-state index contributed by atoms with van der Waals surface area (Å²) in [4.78, 5) is 14.6. The number of hydrogen-bond acceptors (Lipinski definition) is 5. The van der Waals surface area contributed by atoms with Gasteiger partial charge in [-0.25, -0.2) is 14.2 Å². The minimum Gasteiger partial charge on any atom is -0.478 e. The third-order valence-corrected chi connectivity index (χ3v) is 3.20. The molecular weight excluding hydrogens is 255 g/mol. The molecule has 104 valence electrons. The van der Waals surface area contributed by atoms with Crippen LogP contribution in [-0.2, 0) is 9.47 Å². The van der Waals surface area contributed by atoms with Gasteiger partial charge in [0.2, 0.25) is 0 Å². The van der Waals surface area contributed by atoms with Crippen molar-refractivity contribution in [3.63, 3.8) is 0 Å². The Kier molecular flexibility index (Phi) is 3.96. The second-order valence-electron chi connectivity index (χ2n) is 4.37. The van der Waals surface area contributed by atoms with Crippen molar-refractivity contribution in [2.24, 2.45) is 0 Å². The molecule has 0 spiro atoms. The average Bonchev–Trinajstić information content (AvgIpc) is 2.87. The Morgan fingerprint density at radius 3 is 3.11 bits per heavy atom. The Hall–Kier alpha value is -1.73. The van der Waals surface area contributed by atoms with E-state index >= 15 is 0 Å². The number of carbonyl (C=O) groups is 1. The standard InChI is InChI=1S/C12H15FN2O4/c1-18-12(3-5-19-7-12)6-15-10-9(13)8(11(16)17)2-4-14-10/h2,4H,3,5-7H2,1H3,(H,14,15)(H,16,17). The normalized spacial score (nSPS) is 22.4. The third-order valence-electron chi connectivity index (χ3n) is 3.20. The molecular formula is C12H15FN2O4. The SMILES string of the molecule is COC1(CNc2nccc(C(=O)O)c2F)CCOC1. The van der Waals surface area contributed by atoms with Crippen molar-refractivity contribution in [1.82, 2.24) is 4.98 Å². The van der Waals surface area contributed by atoms with Crippen molar-refractivity contribution in [3.05, 3.63) is 23.6 Å². The largest absolute Gasteiger partial charge is 0.478 e. The Labute approximate surface area is 109 Å². The smallest absolute Gasteiger partial charge is 0.338 e. The van der Waals surface area contributed by atoms with Crippen LogP contribution < -0.4 is 5.32 Å². The summed E-state index contributed by atoms with van der Waals surface area (Å²) in [5.74, 6) is -2.29. The summed E-state index contributed by atoms with van der Waals surface area (Å²) in [7, 11) is 1.56.